The molecule has 0 heterocycles. The molecule has 0 saturated carbocycles. The number of halogens is 7. The molecule has 0 spiro atoms. The molecule has 1 aromatic rings. The average molecular weight is 438 g/mol. The number of rotatable bonds is 0. The maximum atomic E-state index is 10.7. The molecule has 0 amide bonds. The molecule has 20 heavy (non-hydrogen) atoms. The molecule has 0 radical (unpaired) electrons. The maximum Gasteiger partial charge on any atom is 0.485 e. The predicted octanol–water partition coefficient (Wildman–Crippen LogP) is -0.238. The van der Waals surface area contributed by atoms with Crippen molar-refractivity contribution < 1.29 is 61.9 Å². The van der Waals surface area contributed by atoms with Crippen LogP contribution >= 0.6 is 0 Å². The standard InChI is InChI=1S/C6H6I.C2H3F3.CHF3O3S/c7-6-4-2-1-3-5-6;1-2(3,4)5;2-1(3,4)8(5,6)7/h1-5,7H;1H3;(H,5,6,7)/q+1;;/p-1. The Balaban J connectivity index is 0. The molecule has 0 aliphatic carbocycles. The van der Waals surface area contributed by atoms with E-state index in [9.17, 15) is 26.3 Å². The van der Waals surface area contributed by atoms with E-state index in [4.69, 9.17) is 13.0 Å². The molecule has 0 saturated heterocycles. The summed E-state index contributed by atoms with van der Waals surface area (Å²) in [6.07, 6.45) is -4.00. The first-order valence-electron chi connectivity index (χ1n) is 4.45. The molecular formula is C9H9F6IO3S. The first kappa shape index (κ1) is 21.7. The Hall–Kier alpha value is -0.560. The fraction of sp³-hybridized carbons (Fsp3) is 0.333. The van der Waals surface area contributed by atoms with Gasteiger partial charge in [-0.05, 0) is 12.1 Å². The van der Waals surface area contributed by atoms with E-state index in [1.54, 1.807) is 0 Å². The minimum atomic E-state index is -6.09. The van der Waals surface area contributed by atoms with Crippen molar-refractivity contribution in [1.29, 1.82) is 0 Å². The highest BCUT2D eigenvalue weighted by Crippen LogP contribution is 2.20. The fourth-order valence-electron chi connectivity index (χ4n) is 0.420. The molecule has 11 heteroatoms. The van der Waals surface area contributed by atoms with Crippen LogP contribution in [0.1, 0.15) is 6.92 Å². The van der Waals surface area contributed by atoms with Crippen LogP contribution in [0.5, 0.6) is 0 Å². The van der Waals surface area contributed by atoms with Crippen LogP contribution in [0.3, 0.4) is 0 Å². The molecule has 0 N–H and O–H groups in total. The zero-order valence-corrected chi connectivity index (χ0v) is 12.8. The van der Waals surface area contributed by atoms with E-state index in [1.807, 2.05) is 40.8 Å². The van der Waals surface area contributed by atoms with Crippen molar-refractivity contribution in [3.05, 3.63) is 33.9 Å². The molecule has 1 aromatic carbocycles. The van der Waals surface area contributed by atoms with Crippen molar-refractivity contribution in [2.24, 2.45) is 0 Å². The number of benzene rings is 1. The smallest absolute Gasteiger partial charge is 0.485 e. The van der Waals surface area contributed by atoms with E-state index < -0.39 is 21.8 Å². The van der Waals surface area contributed by atoms with Crippen LogP contribution in [0.15, 0.2) is 30.3 Å². The van der Waals surface area contributed by atoms with E-state index >= 15 is 0 Å². The summed E-state index contributed by atoms with van der Waals surface area (Å²) in [6.45, 7) is 0.188. The fourth-order valence-corrected chi connectivity index (χ4v) is 0.869. The molecule has 0 unspecified atom stereocenters. The second-order valence-electron chi connectivity index (χ2n) is 2.99. The van der Waals surface area contributed by atoms with Crippen molar-refractivity contribution in [2.45, 2.75) is 18.6 Å². The molecule has 0 aliphatic heterocycles. The number of hydrogen-bond acceptors (Lipinski definition) is 3. The Labute approximate surface area is 124 Å². The minimum absolute atomic E-state index is 0.188. The largest absolute Gasteiger partial charge is 0.741 e. The van der Waals surface area contributed by atoms with Crippen molar-refractivity contribution in [2.75, 3.05) is 0 Å². The van der Waals surface area contributed by atoms with Gasteiger partial charge in [0.1, 0.15) is 0 Å². The second kappa shape index (κ2) is 8.67. The normalized spacial score (nSPS) is 11.7. The minimum Gasteiger partial charge on any atom is -0.741 e. The van der Waals surface area contributed by atoms with Crippen LogP contribution in [-0.2, 0) is 10.1 Å². The summed E-state index contributed by atoms with van der Waals surface area (Å²) in [7, 11) is -6.09. The van der Waals surface area contributed by atoms with Gasteiger partial charge in [0, 0.05) is 6.92 Å². The molecule has 3 nitrogen and oxygen atoms in total. The summed E-state index contributed by atoms with van der Waals surface area (Å²) < 4.78 is 91.3. The van der Waals surface area contributed by atoms with Gasteiger partial charge in [-0.1, -0.05) is 18.2 Å². The van der Waals surface area contributed by atoms with Gasteiger partial charge in [-0.25, -0.2) is 8.42 Å². The Morgan fingerprint density at radius 1 is 1.00 bits per heavy atom. The Morgan fingerprint density at radius 2 is 1.25 bits per heavy atom. The molecule has 0 aromatic heterocycles. The zero-order valence-electron chi connectivity index (χ0n) is 9.70. The average Bonchev–Trinajstić information content (AvgIpc) is 2.13. The van der Waals surface area contributed by atoms with Gasteiger partial charge in [-0.3, -0.25) is 0 Å². The summed E-state index contributed by atoms with van der Waals surface area (Å²) in [5, 5.41) is 0. The summed E-state index contributed by atoms with van der Waals surface area (Å²) in [5.41, 5.74) is -5.65. The van der Waals surface area contributed by atoms with Crippen LogP contribution in [0.4, 0.5) is 26.3 Å². The van der Waals surface area contributed by atoms with Crippen LogP contribution in [-0.4, -0.2) is 24.7 Å². The van der Waals surface area contributed by atoms with Gasteiger partial charge < -0.3 is 4.55 Å². The summed E-state index contributed by atoms with van der Waals surface area (Å²) >= 11 is 2.02. The third kappa shape index (κ3) is 17.4. The highest BCUT2D eigenvalue weighted by atomic mass is 127. The van der Waals surface area contributed by atoms with Gasteiger partial charge in [0.2, 0.25) is 0 Å². The van der Waals surface area contributed by atoms with Gasteiger partial charge in [0.25, 0.3) is 22.6 Å². The topological polar surface area (TPSA) is 57.2 Å². The van der Waals surface area contributed by atoms with E-state index in [0.29, 0.717) is 0 Å². The third-order valence-corrected chi connectivity index (χ3v) is 2.37. The number of alkyl halides is 6. The second-order valence-corrected chi connectivity index (χ2v) is 5.71. The van der Waals surface area contributed by atoms with E-state index in [1.165, 1.54) is 3.57 Å². The number of hydrogen-bond donors (Lipinski definition) is 0. The molecule has 0 bridgehead atoms. The van der Waals surface area contributed by atoms with Crippen LogP contribution in [0.25, 0.3) is 0 Å². The van der Waals surface area contributed by atoms with Crippen molar-refractivity contribution in [3.63, 3.8) is 0 Å². The summed E-state index contributed by atoms with van der Waals surface area (Å²) in [4.78, 5) is 0. The lowest BCUT2D eigenvalue weighted by Gasteiger charge is -2.08. The van der Waals surface area contributed by atoms with Crippen LogP contribution < -0.4 is 22.6 Å². The summed E-state index contributed by atoms with van der Waals surface area (Å²) in [5.74, 6) is 0. The Kier molecular flexibility index (Phi) is 9.42. The highest BCUT2D eigenvalue weighted by molar-refractivity contribution is 7.86. The van der Waals surface area contributed by atoms with Gasteiger partial charge in [0.15, 0.2) is 13.7 Å². The van der Waals surface area contributed by atoms with Crippen molar-refractivity contribution in [1.82, 2.24) is 0 Å². The predicted molar refractivity (Wildman–Crippen MR) is 54.0 cm³/mol. The molecule has 0 fully saturated rings. The van der Waals surface area contributed by atoms with Gasteiger partial charge in [0.05, 0.1) is 0 Å². The highest BCUT2D eigenvalue weighted by Gasteiger charge is 2.36. The first-order valence-corrected chi connectivity index (χ1v) is 7.03. The lowest BCUT2D eigenvalue weighted by molar-refractivity contribution is -0.328. The van der Waals surface area contributed by atoms with Crippen molar-refractivity contribution in [3.8, 4) is 0 Å². The summed E-state index contributed by atoms with van der Waals surface area (Å²) in [6, 6.07) is 10.3. The molecule has 0 aliphatic rings. The van der Waals surface area contributed by atoms with Gasteiger partial charge >= 0.3 is 11.7 Å². The van der Waals surface area contributed by atoms with E-state index in [-0.39, 0.29) is 6.92 Å². The van der Waals surface area contributed by atoms with Crippen LogP contribution in [0, 0.1) is 3.57 Å². The Morgan fingerprint density at radius 3 is 1.35 bits per heavy atom. The molecule has 0 atom stereocenters. The lowest BCUT2D eigenvalue weighted by atomic mass is 10.4. The lowest BCUT2D eigenvalue weighted by Crippen LogP contribution is -3.34. The molecular weight excluding hydrogens is 429 g/mol. The van der Waals surface area contributed by atoms with Gasteiger partial charge in [-0.15, -0.1) is 0 Å². The van der Waals surface area contributed by atoms with Crippen LogP contribution in [0.2, 0.25) is 0 Å². The Bertz CT molecular complexity index is 463. The molecule has 118 valence electrons. The SMILES string of the molecule is CC(F)(F)F.O=S(=O)([O-])C(F)(F)F.[IH+]c1ccccc1. The maximum absolute atomic E-state index is 10.7. The van der Waals surface area contributed by atoms with E-state index in [2.05, 4.69) is 12.1 Å². The molecule has 1 rings (SSSR count). The zero-order chi connectivity index (χ0) is 16.6. The van der Waals surface area contributed by atoms with Gasteiger partial charge in [-0.2, -0.15) is 26.3 Å². The quantitative estimate of drug-likeness (QED) is 0.243. The van der Waals surface area contributed by atoms with E-state index in [0.717, 1.165) is 0 Å². The van der Waals surface area contributed by atoms with Crippen molar-refractivity contribution >= 4 is 10.1 Å². The first-order chi connectivity index (χ1) is 8.64. The monoisotopic (exact) mass is 438 g/mol. The third-order valence-electron chi connectivity index (χ3n) is 1.03.